The highest BCUT2D eigenvalue weighted by Crippen LogP contribution is 2.59. The third-order valence-corrected chi connectivity index (χ3v) is 8.84. The van der Waals surface area contributed by atoms with E-state index in [1.807, 2.05) is 60.7 Å². The van der Waals surface area contributed by atoms with Crippen LogP contribution in [0.4, 0.5) is 5.69 Å². The van der Waals surface area contributed by atoms with Crippen molar-refractivity contribution in [2.45, 2.75) is 4.90 Å². The van der Waals surface area contributed by atoms with Crippen molar-refractivity contribution in [3.63, 3.8) is 0 Å². The van der Waals surface area contributed by atoms with Gasteiger partial charge in [0.1, 0.15) is 0 Å². The Morgan fingerprint density at radius 2 is 1.21 bits per heavy atom. The second-order valence-electron chi connectivity index (χ2n) is 5.06. The average Bonchev–Trinajstić information content (AvgIpc) is 2.63. The van der Waals surface area contributed by atoms with Crippen LogP contribution in [0.3, 0.4) is 0 Å². The summed E-state index contributed by atoms with van der Waals surface area (Å²) in [6.45, 7) is 0. The van der Waals surface area contributed by atoms with Gasteiger partial charge in [-0.25, -0.2) is 0 Å². The first-order chi connectivity index (χ1) is 11.6. The molecule has 0 unspecified atom stereocenters. The highest BCUT2D eigenvalue weighted by Gasteiger charge is 2.28. The summed E-state index contributed by atoms with van der Waals surface area (Å²) >= 11 is 1.25. The molecule has 0 aliphatic rings. The highest BCUT2D eigenvalue weighted by atomic mass is 32.7. The van der Waals surface area contributed by atoms with Crippen molar-refractivity contribution in [2.24, 2.45) is 0 Å². The van der Waals surface area contributed by atoms with Gasteiger partial charge in [-0.3, -0.25) is 10.1 Å². The predicted molar refractivity (Wildman–Crippen MR) is 98.7 cm³/mol. The van der Waals surface area contributed by atoms with E-state index in [4.69, 9.17) is 0 Å². The van der Waals surface area contributed by atoms with Gasteiger partial charge in [-0.2, -0.15) is 0 Å². The second kappa shape index (κ2) is 7.04. The summed E-state index contributed by atoms with van der Waals surface area (Å²) in [5, 5.41) is 12.3. The lowest BCUT2D eigenvalue weighted by Gasteiger charge is -2.18. The Hall–Kier alpha value is -2.36. The summed E-state index contributed by atoms with van der Waals surface area (Å²) in [7, 11) is 0. The minimum atomic E-state index is -2.94. The summed E-state index contributed by atoms with van der Waals surface area (Å²) in [6.07, 6.45) is -2.94. The third kappa shape index (κ3) is 3.42. The zero-order valence-electron chi connectivity index (χ0n) is 12.6. The topological polar surface area (TPSA) is 60.2 Å². The lowest BCUT2D eigenvalue weighted by atomic mass is 10.3. The van der Waals surface area contributed by atoms with Gasteiger partial charge in [-0.15, -0.1) is 0 Å². The van der Waals surface area contributed by atoms with Gasteiger partial charge >= 0.3 is 0 Å². The molecule has 0 bridgehead atoms. The zero-order chi connectivity index (χ0) is 17.0. The maximum absolute atomic E-state index is 13.8. The summed E-state index contributed by atoms with van der Waals surface area (Å²) in [5.74, 6) is 0. The Morgan fingerprint density at radius 1 is 0.750 bits per heavy atom. The SMILES string of the molecule is O=[N+]([O-])c1ccc(SP(=O)(c2ccccc2)c2ccccc2)cc1. The smallest absolute Gasteiger partial charge is 0.269 e. The summed E-state index contributed by atoms with van der Waals surface area (Å²) in [4.78, 5) is 11.1. The molecule has 0 saturated heterocycles. The van der Waals surface area contributed by atoms with Crippen LogP contribution in [0.1, 0.15) is 0 Å². The number of benzene rings is 3. The van der Waals surface area contributed by atoms with E-state index in [0.29, 0.717) is 0 Å². The number of hydrogen-bond donors (Lipinski definition) is 0. The van der Waals surface area contributed by atoms with Crippen LogP contribution >= 0.6 is 17.7 Å². The molecule has 3 aromatic carbocycles. The van der Waals surface area contributed by atoms with Gasteiger partial charge in [0, 0.05) is 27.6 Å². The van der Waals surface area contributed by atoms with Crippen LogP contribution in [0.25, 0.3) is 0 Å². The fourth-order valence-corrected chi connectivity index (χ4v) is 7.09. The first-order valence-electron chi connectivity index (χ1n) is 7.25. The molecular formula is C18H14NO3PS. The van der Waals surface area contributed by atoms with Gasteiger partial charge in [-0.05, 0) is 12.1 Å². The van der Waals surface area contributed by atoms with Crippen molar-refractivity contribution in [1.29, 1.82) is 0 Å². The van der Waals surface area contributed by atoms with Gasteiger partial charge in [0.15, 0.2) is 6.34 Å². The molecule has 0 aliphatic heterocycles. The second-order valence-corrected chi connectivity index (χ2v) is 9.95. The largest absolute Gasteiger partial charge is 0.302 e. The van der Waals surface area contributed by atoms with E-state index < -0.39 is 11.3 Å². The van der Waals surface area contributed by atoms with Crippen molar-refractivity contribution in [3.8, 4) is 0 Å². The lowest BCUT2D eigenvalue weighted by molar-refractivity contribution is -0.384. The Morgan fingerprint density at radius 3 is 1.62 bits per heavy atom. The summed E-state index contributed by atoms with van der Waals surface area (Å²) in [5.41, 5.74) is 0.0219. The maximum Gasteiger partial charge on any atom is 0.269 e. The normalized spacial score (nSPS) is 11.2. The van der Waals surface area contributed by atoms with Crippen molar-refractivity contribution >= 4 is 34.0 Å². The Bertz CT molecular complexity index is 840. The maximum atomic E-state index is 13.8. The van der Waals surface area contributed by atoms with Crippen molar-refractivity contribution in [3.05, 3.63) is 95.0 Å². The monoisotopic (exact) mass is 355 g/mol. The molecule has 0 aromatic heterocycles. The molecule has 0 aliphatic carbocycles. The Labute approximate surface area is 143 Å². The van der Waals surface area contributed by atoms with Crippen molar-refractivity contribution in [2.75, 3.05) is 0 Å². The van der Waals surface area contributed by atoms with Crippen LogP contribution in [0.15, 0.2) is 89.8 Å². The van der Waals surface area contributed by atoms with Crippen LogP contribution in [-0.4, -0.2) is 4.92 Å². The van der Waals surface area contributed by atoms with Gasteiger partial charge in [0.2, 0.25) is 0 Å². The number of nitrogens with zero attached hydrogens (tertiary/aromatic N) is 1. The number of nitro benzene ring substituents is 1. The van der Waals surface area contributed by atoms with Crippen LogP contribution in [-0.2, 0) is 4.57 Å². The molecule has 0 heterocycles. The first-order valence-corrected chi connectivity index (χ1v) is 10.4. The molecule has 3 rings (SSSR count). The zero-order valence-corrected chi connectivity index (χ0v) is 14.3. The molecule has 0 fully saturated rings. The predicted octanol–water partition coefficient (Wildman–Crippen LogP) is 4.62. The van der Waals surface area contributed by atoms with Crippen LogP contribution in [0, 0.1) is 10.1 Å². The van der Waals surface area contributed by atoms with Gasteiger partial charge in [0.05, 0.1) is 4.92 Å². The van der Waals surface area contributed by atoms with E-state index in [-0.39, 0.29) is 5.69 Å². The fourth-order valence-electron chi connectivity index (χ4n) is 2.28. The van der Waals surface area contributed by atoms with Gasteiger partial charge in [-0.1, -0.05) is 72.0 Å². The van der Waals surface area contributed by atoms with Crippen LogP contribution in [0.2, 0.25) is 0 Å². The molecule has 0 amide bonds. The molecule has 0 atom stereocenters. The minimum absolute atomic E-state index is 0.0219. The molecule has 0 radical (unpaired) electrons. The molecule has 0 spiro atoms. The van der Waals surface area contributed by atoms with E-state index >= 15 is 0 Å². The molecular weight excluding hydrogens is 341 g/mol. The lowest BCUT2D eigenvalue weighted by Crippen LogP contribution is -2.13. The Kier molecular flexibility index (Phi) is 4.84. The van der Waals surface area contributed by atoms with Crippen LogP contribution < -0.4 is 10.6 Å². The van der Waals surface area contributed by atoms with Crippen LogP contribution in [0.5, 0.6) is 0 Å². The number of hydrogen-bond acceptors (Lipinski definition) is 4. The highest BCUT2D eigenvalue weighted by molar-refractivity contribution is 8.62. The molecule has 24 heavy (non-hydrogen) atoms. The summed E-state index contributed by atoms with van der Waals surface area (Å²) in [6, 6.07) is 24.8. The summed E-state index contributed by atoms with van der Waals surface area (Å²) < 4.78 is 13.8. The third-order valence-electron chi connectivity index (χ3n) is 3.47. The average molecular weight is 355 g/mol. The fraction of sp³-hybridized carbons (Fsp3) is 0. The molecule has 4 nitrogen and oxygen atoms in total. The van der Waals surface area contributed by atoms with E-state index in [2.05, 4.69) is 0 Å². The number of nitro groups is 1. The van der Waals surface area contributed by atoms with Gasteiger partial charge < -0.3 is 4.57 Å². The van der Waals surface area contributed by atoms with Crippen molar-refractivity contribution in [1.82, 2.24) is 0 Å². The van der Waals surface area contributed by atoms with Gasteiger partial charge in [0.25, 0.3) is 5.69 Å². The standard InChI is InChI=1S/C18H14NO3PS/c20-19(21)15-11-13-18(14-12-15)24-23(22,16-7-3-1-4-8-16)17-9-5-2-6-10-17/h1-14H. The molecule has 120 valence electrons. The number of non-ortho nitro benzene ring substituents is 1. The molecule has 3 aromatic rings. The quantitative estimate of drug-likeness (QED) is 0.381. The van der Waals surface area contributed by atoms with E-state index in [1.165, 1.54) is 23.5 Å². The number of rotatable bonds is 5. The van der Waals surface area contributed by atoms with E-state index in [1.54, 1.807) is 12.1 Å². The molecule has 0 N–H and O–H groups in total. The minimum Gasteiger partial charge on any atom is -0.302 e. The first kappa shape index (κ1) is 16.5. The Balaban J connectivity index is 2.03. The molecule has 6 heteroatoms. The van der Waals surface area contributed by atoms with Crippen molar-refractivity contribution < 1.29 is 9.49 Å². The van der Waals surface area contributed by atoms with E-state index in [9.17, 15) is 14.7 Å². The molecule has 0 saturated carbocycles. The van der Waals surface area contributed by atoms with E-state index in [0.717, 1.165) is 15.5 Å².